The summed E-state index contributed by atoms with van der Waals surface area (Å²) in [6.07, 6.45) is 3.87. The Morgan fingerprint density at radius 1 is 1.26 bits per heavy atom. The Morgan fingerprint density at radius 2 is 2.11 bits per heavy atom. The van der Waals surface area contributed by atoms with Gasteiger partial charge in [-0.05, 0) is 48.9 Å². The predicted octanol–water partition coefficient (Wildman–Crippen LogP) is 3.36. The van der Waals surface area contributed by atoms with E-state index in [1.54, 1.807) is 12.3 Å². The summed E-state index contributed by atoms with van der Waals surface area (Å²) in [7, 11) is 0. The Hall–Kier alpha value is -2.54. The number of fused-ring (bicyclic) bond motifs is 1. The van der Waals surface area contributed by atoms with Gasteiger partial charge in [0.15, 0.2) is 11.5 Å². The van der Waals surface area contributed by atoms with E-state index in [4.69, 9.17) is 5.73 Å². The molecule has 1 aliphatic heterocycles. The quantitative estimate of drug-likeness (QED) is 0.738. The van der Waals surface area contributed by atoms with Crippen LogP contribution in [0, 0.1) is 17.7 Å². The van der Waals surface area contributed by atoms with Crippen LogP contribution in [0.4, 0.5) is 10.2 Å². The van der Waals surface area contributed by atoms with Gasteiger partial charge < -0.3 is 10.6 Å². The van der Waals surface area contributed by atoms with Crippen molar-refractivity contribution in [3.63, 3.8) is 0 Å². The first-order valence-corrected chi connectivity index (χ1v) is 9.51. The summed E-state index contributed by atoms with van der Waals surface area (Å²) in [6.45, 7) is 6.08. The molecule has 3 aromatic rings. The van der Waals surface area contributed by atoms with Gasteiger partial charge in [0.1, 0.15) is 17.2 Å². The summed E-state index contributed by atoms with van der Waals surface area (Å²) in [5, 5.41) is 7.86. The minimum atomic E-state index is -0.386. The molecule has 3 aromatic heterocycles. The van der Waals surface area contributed by atoms with Gasteiger partial charge in [-0.25, -0.2) is 14.4 Å². The zero-order valence-corrected chi connectivity index (χ0v) is 15.7. The lowest BCUT2D eigenvalue weighted by Crippen LogP contribution is -2.46. The van der Waals surface area contributed by atoms with E-state index in [9.17, 15) is 4.39 Å². The van der Waals surface area contributed by atoms with Gasteiger partial charge in [0, 0.05) is 30.7 Å². The molecule has 0 radical (unpaired) electrons. The molecular formula is C20H25FN6. The van der Waals surface area contributed by atoms with Crippen LogP contribution in [0.3, 0.4) is 0 Å². The lowest BCUT2D eigenvalue weighted by molar-refractivity contribution is 0.296. The van der Waals surface area contributed by atoms with Crippen molar-refractivity contribution in [1.29, 1.82) is 0 Å². The van der Waals surface area contributed by atoms with Crippen LogP contribution in [0.2, 0.25) is 0 Å². The van der Waals surface area contributed by atoms with Gasteiger partial charge >= 0.3 is 0 Å². The second-order valence-electron chi connectivity index (χ2n) is 7.64. The van der Waals surface area contributed by atoms with Gasteiger partial charge in [-0.15, -0.1) is 0 Å². The van der Waals surface area contributed by atoms with Gasteiger partial charge in [0.2, 0.25) is 0 Å². The number of aromatic amines is 1. The molecule has 4 rings (SSSR count). The fraction of sp³-hybridized carbons (Fsp3) is 0.450. The van der Waals surface area contributed by atoms with Crippen molar-refractivity contribution < 1.29 is 4.39 Å². The molecule has 0 spiro atoms. The van der Waals surface area contributed by atoms with E-state index in [1.807, 2.05) is 12.1 Å². The third kappa shape index (κ3) is 3.39. The molecule has 6 nitrogen and oxygen atoms in total. The minimum Gasteiger partial charge on any atom is -0.356 e. The van der Waals surface area contributed by atoms with Crippen LogP contribution in [0.15, 0.2) is 30.5 Å². The number of hydrogen-bond donors (Lipinski definition) is 2. The highest BCUT2D eigenvalue weighted by molar-refractivity contribution is 5.89. The Kier molecular flexibility index (Phi) is 4.78. The molecule has 0 aliphatic carbocycles. The lowest BCUT2D eigenvalue weighted by Gasteiger charge is -2.37. The van der Waals surface area contributed by atoms with Gasteiger partial charge in [-0.2, -0.15) is 5.10 Å². The third-order valence-electron chi connectivity index (χ3n) is 5.49. The molecule has 7 heteroatoms. The van der Waals surface area contributed by atoms with E-state index in [0.717, 1.165) is 37.1 Å². The maximum Gasteiger partial charge on any atom is 0.155 e. The zero-order chi connectivity index (χ0) is 19.0. The Labute approximate surface area is 158 Å². The van der Waals surface area contributed by atoms with Crippen LogP contribution in [-0.2, 0) is 0 Å². The van der Waals surface area contributed by atoms with Crippen LogP contribution in [0.1, 0.15) is 26.7 Å². The number of pyridine rings is 2. The number of nitrogens with zero attached hydrogens (tertiary/aromatic N) is 4. The first kappa shape index (κ1) is 17.9. The molecule has 1 fully saturated rings. The molecular weight excluding hydrogens is 343 g/mol. The number of nitrogens with two attached hydrogens (primary N) is 1. The van der Waals surface area contributed by atoms with Gasteiger partial charge in [0.05, 0.1) is 0 Å². The number of piperidine rings is 1. The number of anilines is 1. The second kappa shape index (κ2) is 7.23. The molecule has 0 amide bonds. The van der Waals surface area contributed by atoms with E-state index >= 15 is 0 Å². The van der Waals surface area contributed by atoms with Gasteiger partial charge in [0.25, 0.3) is 0 Å². The summed E-state index contributed by atoms with van der Waals surface area (Å²) in [4.78, 5) is 11.1. The molecule has 142 valence electrons. The standard InChI is InChI=1S/C20H25FN6/c1-12(2)17(22)13-5-4-10-27(11-13)16-8-7-15(21)19(24-16)18-14-6-3-9-23-20(14)26-25-18/h3,6-9,12-13,17H,4-5,10-11,22H2,1-2H3,(H,23,25,26). The highest BCUT2D eigenvalue weighted by Gasteiger charge is 2.28. The Morgan fingerprint density at radius 3 is 2.93 bits per heavy atom. The smallest absolute Gasteiger partial charge is 0.155 e. The first-order chi connectivity index (χ1) is 13.0. The summed E-state index contributed by atoms with van der Waals surface area (Å²) >= 11 is 0. The molecule has 2 unspecified atom stereocenters. The fourth-order valence-corrected chi connectivity index (χ4v) is 3.89. The number of nitrogens with one attached hydrogen (secondary N) is 1. The zero-order valence-electron chi connectivity index (χ0n) is 15.7. The van der Waals surface area contributed by atoms with Crippen LogP contribution in [0.25, 0.3) is 22.4 Å². The van der Waals surface area contributed by atoms with Crippen LogP contribution in [0.5, 0.6) is 0 Å². The van der Waals surface area contributed by atoms with Crippen LogP contribution >= 0.6 is 0 Å². The number of halogens is 1. The van der Waals surface area contributed by atoms with Crippen molar-refractivity contribution in [2.24, 2.45) is 17.6 Å². The largest absolute Gasteiger partial charge is 0.356 e. The fourth-order valence-electron chi connectivity index (χ4n) is 3.89. The molecule has 4 heterocycles. The summed E-state index contributed by atoms with van der Waals surface area (Å²) in [6, 6.07) is 7.06. The summed E-state index contributed by atoms with van der Waals surface area (Å²) < 4.78 is 14.6. The molecule has 0 saturated carbocycles. The second-order valence-corrected chi connectivity index (χ2v) is 7.64. The molecule has 2 atom stereocenters. The van der Waals surface area contributed by atoms with Crippen molar-refractivity contribution in [1.82, 2.24) is 20.2 Å². The monoisotopic (exact) mass is 368 g/mol. The normalized spacial score (nSPS) is 19.0. The van der Waals surface area contributed by atoms with E-state index in [1.165, 1.54) is 6.07 Å². The summed E-state index contributed by atoms with van der Waals surface area (Å²) in [5.41, 5.74) is 7.76. The van der Waals surface area contributed by atoms with E-state index in [0.29, 0.717) is 23.2 Å². The molecule has 1 aliphatic rings. The third-order valence-corrected chi connectivity index (χ3v) is 5.49. The predicted molar refractivity (Wildman–Crippen MR) is 105 cm³/mol. The highest BCUT2D eigenvalue weighted by atomic mass is 19.1. The molecule has 1 saturated heterocycles. The number of aromatic nitrogens is 4. The van der Waals surface area contributed by atoms with E-state index < -0.39 is 0 Å². The molecule has 0 aromatic carbocycles. The van der Waals surface area contributed by atoms with Crippen molar-refractivity contribution in [3.8, 4) is 11.4 Å². The van der Waals surface area contributed by atoms with Gasteiger partial charge in [-0.1, -0.05) is 13.8 Å². The lowest BCUT2D eigenvalue weighted by atomic mass is 9.85. The average Bonchev–Trinajstić information content (AvgIpc) is 3.12. The van der Waals surface area contributed by atoms with Crippen LogP contribution < -0.4 is 10.6 Å². The molecule has 3 N–H and O–H groups in total. The number of rotatable bonds is 4. The molecule has 0 bridgehead atoms. The topological polar surface area (TPSA) is 83.7 Å². The Bertz CT molecular complexity index is 937. The molecule has 27 heavy (non-hydrogen) atoms. The van der Waals surface area contributed by atoms with Crippen molar-refractivity contribution in [2.75, 3.05) is 18.0 Å². The maximum absolute atomic E-state index is 14.6. The minimum absolute atomic E-state index is 0.161. The Balaban J connectivity index is 1.66. The van der Waals surface area contributed by atoms with Crippen molar-refractivity contribution >= 4 is 16.9 Å². The number of H-pyrrole nitrogens is 1. The van der Waals surface area contributed by atoms with Crippen molar-refractivity contribution in [3.05, 3.63) is 36.3 Å². The van der Waals surface area contributed by atoms with Crippen LogP contribution in [-0.4, -0.2) is 39.3 Å². The maximum atomic E-state index is 14.6. The SMILES string of the molecule is CC(C)C(N)C1CCCN(c2ccc(F)c(-c3n[nH]c4ncccc34)n2)C1. The number of hydrogen-bond acceptors (Lipinski definition) is 5. The van der Waals surface area contributed by atoms with E-state index in [-0.39, 0.29) is 17.6 Å². The summed E-state index contributed by atoms with van der Waals surface area (Å²) in [5.74, 6) is 1.25. The van der Waals surface area contributed by atoms with Crippen molar-refractivity contribution in [2.45, 2.75) is 32.7 Å². The van der Waals surface area contributed by atoms with Gasteiger partial charge in [-0.3, -0.25) is 5.10 Å². The highest BCUT2D eigenvalue weighted by Crippen LogP contribution is 2.30. The first-order valence-electron chi connectivity index (χ1n) is 9.51. The van der Waals surface area contributed by atoms with E-state index in [2.05, 4.69) is 38.9 Å². The average molecular weight is 368 g/mol.